The number of carboxylic acids is 1. The molecule has 1 N–H and O–H groups in total. The van der Waals surface area contributed by atoms with Gasteiger partial charge in [-0.15, -0.1) is 0 Å². The minimum atomic E-state index is -1.05. The average molecular weight is 253 g/mol. The van der Waals surface area contributed by atoms with Gasteiger partial charge in [-0.3, -0.25) is 0 Å². The molecule has 0 aliphatic heterocycles. The Bertz CT molecular complexity index is 421. The van der Waals surface area contributed by atoms with Crippen molar-refractivity contribution >= 4 is 11.9 Å². The van der Waals surface area contributed by atoms with Crippen molar-refractivity contribution in [2.45, 2.75) is 26.9 Å². The van der Waals surface area contributed by atoms with Crippen molar-refractivity contribution in [3.63, 3.8) is 0 Å². The van der Waals surface area contributed by atoms with E-state index in [1.807, 2.05) is 20.9 Å². The first-order valence-electron chi connectivity index (χ1n) is 5.82. The lowest BCUT2D eigenvalue weighted by molar-refractivity contribution is 0.0690. The first-order valence-corrected chi connectivity index (χ1v) is 5.82. The van der Waals surface area contributed by atoms with Gasteiger partial charge in [-0.2, -0.15) is 0 Å². The fourth-order valence-corrected chi connectivity index (χ4v) is 1.36. The van der Waals surface area contributed by atoms with Crippen molar-refractivity contribution in [2.24, 2.45) is 0 Å². The Kier molecular flexibility index (Phi) is 5.03. The van der Waals surface area contributed by atoms with E-state index in [4.69, 9.17) is 9.84 Å². The van der Waals surface area contributed by atoms with E-state index < -0.39 is 5.97 Å². The predicted octanol–water partition coefficient (Wildman–Crippen LogP) is 1.34. The summed E-state index contributed by atoms with van der Waals surface area (Å²) >= 11 is 0. The van der Waals surface area contributed by atoms with Crippen LogP contribution in [0.25, 0.3) is 0 Å². The number of nitrogens with zero attached hydrogens (tertiary/aromatic N) is 3. The largest absolute Gasteiger partial charge is 0.477 e. The van der Waals surface area contributed by atoms with Crippen LogP contribution in [0.2, 0.25) is 0 Å². The monoisotopic (exact) mass is 253 g/mol. The lowest BCUT2D eigenvalue weighted by Gasteiger charge is -2.18. The van der Waals surface area contributed by atoms with E-state index in [1.54, 1.807) is 11.8 Å². The van der Waals surface area contributed by atoms with Crippen molar-refractivity contribution in [1.82, 2.24) is 9.97 Å². The second-order valence-electron chi connectivity index (χ2n) is 4.34. The van der Waals surface area contributed by atoms with Gasteiger partial charge in [0.05, 0.1) is 12.7 Å². The lowest BCUT2D eigenvalue weighted by Crippen LogP contribution is -2.26. The molecule has 0 atom stereocenters. The zero-order chi connectivity index (χ0) is 13.7. The summed E-state index contributed by atoms with van der Waals surface area (Å²) in [6, 6.07) is 1.45. The van der Waals surface area contributed by atoms with Gasteiger partial charge in [0.25, 0.3) is 0 Å². The molecule has 1 aromatic rings. The number of hydrogen-bond acceptors (Lipinski definition) is 5. The Hall–Kier alpha value is -1.69. The van der Waals surface area contributed by atoms with Crippen LogP contribution < -0.4 is 4.90 Å². The van der Waals surface area contributed by atoms with E-state index in [2.05, 4.69) is 9.97 Å². The topological polar surface area (TPSA) is 75.5 Å². The summed E-state index contributed by atoms with van der Waals surface area (Å²) in [7, 11) is 1.81. The first-order chi connectivity index (χ1) is 8.40. The normalized spacial score (nSPS) is 10.7. The van der Waals surface area contributed by atoms with E-state index >= 15 is 0 Å². The maximum absolute atomic E-state index is 10.9. The first kappa shape index (κ1) is 14.4. The molecule has 0 spiro atoms. The molecular formula is C12H19N3O3. The number of likely N-dealkylation sites (N-methyl/N-ethyl adjacent to an activating group) is 1. The number of rotatable bonds is 6. The maximum atomic E-state index is 10.9. The molecule has 0 aliphatic rings. The molecule has 0 aromatic carbocycles. The van der Waals surface area contributed by atoms with Gasteiger partial charge < -0.3 is 14.7 Å². The van der Waals surface area contributed by atoms with Gasteiger partial charge in [0, 0.05) is 19.3 Å². The minimum Gasteiger partial charge on any atom is -0.477 e. The van der Waals surface area contributed by atoms with Crippen molar-refractivity contribution in [3.8, 4) is 0 Å². The van der Waals surface area contributed by atoms with Crippen LogP contribution in [0.3, 0.4) is 0 Å². The molecule has 0 fully saturated rings. The molecular weight excluding hydrogens is 234 g/mol. The van der Waals surface area contributed by atoms with Gasteiger partial charge in [0.2, 0.25) is 5.95 Å². The fraction of sp³-hybridized carbons (Fsp3) is 0.583. The Labute approximate surface area is 107 Å². The average Bonchev–Trinajstić information content (AvgIpc) is 2.27. The molecule has 1 heterocycles. The van der Waals surface area contributed by atoms with Crippen LogP contribution >= 0.6 is 0 Å². The van der Waals surface area contributed by atoms with Crippen LogP contribution in [-0.4, -0.2) is 47.3 Å². The van der Waals surface area contributed by atoms with Crippen LogP contribution in [0.4, 0.5) is 5.95 Å². The third-order valence-electron chi connectivity index (χ3n) is 2.28. The molecule has 0 bridgehead atoms. The zero-order valence-corrected chi connectivity index (χ0v) is 11.2. The van der Waals surface area contributed by atoms with Gasteiger partial charge >= 0.3 is 5.97 Å². The molecule has 0 unspecified atom stereocenters. The highest BCUT2D eigenvalue weighted by atomic mass is 16.5. The second kappa shape index (κ2) is 6.30. The summed E-state index contributed by atoms with van der Waals surface area (Å²) in [5.41, 5.74) is 0.642. The number of carboxylic acid groups (broad SMARTS) is 1. The minimum absolute atomic E-state index is 0.00845. The lowest BCUT2D eigenvalue weighted by atomic mass is 10.3. The van der Waals surface area contributed by atoms with Gasteiger partial charge in [-0.1, -0.05) is 0 Å². The van der Waals surface area contributed by atoms with Gasteiger partial charge in [0.1, 0.15) is 0 Å². The molecule has 18 heavy (non-hydrogen) atoms. The van der Waals surface area contributed by atoms with Gasteiger partial charge in [-0.05, 0) is 26.8 Å². The number of carbonyl (C=O) groups is 1. The van der Waals surface area contributed by atoms with Crippen LogP contribution in [-0.2, 0) is 4.74 Å². The van der Waals surface area contributed by atoms with E-state index in [0.29, 0.717) is 24.8 Å². The quantitative estimate of drug-likeness (QED) is 0.824. The third-order valence-corrected chi connectivity index (χ3v) is 2.28. The highest BCUT2D eigenvalue weighted by Gasteiger charge is 2.11. The second-order valence-corrected chi connectivity index (χ2v) is 4.34. The third kappa shape index (κ3) is 4.29. The van der Waals surface area contributed by atoms with Crippen LogP contribution in [0.1, 0.15) is 30.0 Å². The summed E-state index contributed by atoms with van der Waals surface area (Å²) < 4.78 is 5.43. The molecule has 0 saturated heterocycles. The number of aromatic carboxylic acids is 1. The Morgan fingerprint density at radius 1 is 1.50 bits per heavy atom. The summed E-state index contributed by atoms with van der Waals surface area (Å²) in [6.07, 6.45) is 0.173. The summed E-state index contributed by atoms with van der Waals surface area (Å²) in [4.78, 5) is 20.9. The van der Waals surface area contributed by atoms with E-state index in [-0.39, 0.29) is 11.8 Å². The van der Waals surface area contributed by atoms with Crippen LogP contribution in [0, 0.1) is 6.92 Å². The maximum Gasteiger partial charge on any atom is 0.354 e. The molecule has 0 radical (unpaired) electrons. The van der Waals surface area contributed by atoms with Crippen LogP contribution in [0.5, 0.6) is 0 Å². The highest BCUT2D eigenvalue weighted by Crippen LogP contribution is 2.08. The number of anilines is 1. The predicted molar refractivity (Wildman–Crippen MR) is 68.1 cm³/mol. The van der Waals surface area contributed by atoms with Crippen molar-refractivity contribution in [1.29, 1.82) is 0 Å². The molecule has 100 valence electrons. The SMILES string of the molecule is Cc1cc(C(=O)O)nc(N(C)CCOC(C)C)n1. The van der Waals surface area contributed by atoms with Crippen molar-refractivity contribution in [2.75, 3.05) is 25.1 Å². The van der Waals surface area contributed by atoms with Gasteiger partial charge in [-0.25, -0.2) is 14.8 Å². The van der Waals surface area contributed by atoms with E-state index in [0.717, 1.165) is 0 Å². The van der Waals surface area contributed by atoms with Gasteiger partial charge in [0.15, 0.2) is 5.69 Å². The standard InChI is InChI=1S/C12H19N3O3/c1-8(2)18-6-5-15(4)12-13-9(3)7-10(14-12)11(16)17/h7-8H,5-6H2,1-4H3,(H,16,17). The number of hydrogen-bond donors (Lipinski definition) is 1. The smallest absolute Gasteiger partial charge is 0.354 e. The Balaban J connectivity index is 2.73. The number of aryl methyl sites for hydroxylation is 1. The molecule has 0 amide bonds. The highest BCUT2D eigenvalue weighted by molar-refractivity contribution is 5.85. The summed E-state index contributed by atoms with van der Waals surface area (Å²) in [5, 5.41) is 8.93. The molecule has 0 aliphatic carbocycles. The number of aromatic nitrogens is 2. The summed E-state index contributed by atoms with van der Waals surface area (Å²) in [6.45, 7) is 6.84. The van der Waals surface area contributed by atoms with Crippen LogP contribution in [0.15, 0.2) is 6.07 Å². The summed E-state index contributed by atoms with van der Waals surface area (Å²) in [5.74, 6) is -0.645. The molecule has 1 rings (SSSR count). The fourth-order valence-electron chi connectivity index (χ4n) is 1.36. The molecule has 0 saturated carbocycles. The van der Waals surface area contributed by atoms with Crippen molar-refractivity contribution in [3.05, 3.63) is 17.5 Å². The number of ether oxygens (including phenoxy) is 1. The molecule has 6 heteroatoms. The van der Waals surface area contributed by atoms with E-state index in [9.17, 15) is 4.79 Å². The van der Waals surface area contributed by atoms with Crippen molar-refractivity contribution < 1.29 is 14.6 Å². The Morgan fingerprint density at radius 2 is 2.17 bits per heavy atom. The molecule has 6 nitrogen and oxygen atoms in total. The Morgan fingerprint density at radius 3 is 2.72 bits per heavy atom. The molecule has 1 aromatic heterocycles. The van der Waals surface area contributed by atoms with E-state index in [1.165, 1.54) is 6.07 Å². The zero-order valence-electron chi connectivity index (χ0n) is 11.2.